The normalized spacial score (nSPS) is 24.4. The maximum Gasteiger partial charge on any atom is 0.351 e. The minimum Gasteiger partial charge on any atom is -0.496 e. The first-order valence-corrected chi connectivity index (χ1v) is 8.92. The Bertz CT molecular complexity index is 619. The number of nitrogens with zero attached hydrogens (tertiary/aromatic N) is 1. The molecular formula is C19H29N2O4+. The van der Waals surface area contributed by atoms with Gasteiger partial charge in [-0.3, -0.25) is 10.5 Å². The smallest absolute Gasteiger partial charge is 0.351 e. The monoisotopic (exact) mass is 349 g/mol. The Labute approximate surface area is 149 Å². The molecule has 1 aliphatic rings. The summed E-state index contributed by atoms with van der Waals surface area (Å²) in [6.45, 7) is 4.39. The highest BCUT2D eigenvalue weighted by Gasteiger charge is 2.47. The second-order valence-electron chi connectivity index (χ2n) is 6.65. The Hall–Kier alpha value is -1.92. The maximum absolute atomic E-state index is 13.5. The molecular weight excluding hydrogens is 320 g/mol. The highest BCUT2D eigenvalue weighted by Crippen LogP contribution is 2.31. The number of rotatable bonds is 6. The number of ether oxygens (including phenoxy) is 2. The van der Waals surface area contributed by atoms with Gasteiger partial charge < -0.3 is 9.47 Å². The lowest BCUT2D eigenvalue weighted by Crippen LogP contribution is -2.67. The highest BCUT2D eigenvalue weighted by molar-refractivity contribution is 5.92. The molecule has 1 aromatic rings. The van der Waals surface area contributed by atoms with Crippen molar-refractivity contribution in [2.24, 2.45) is 5.73 Å². The molecule has 1 fully saturated rings. The van der Waals surface area contributed by atoms with Crippen molar-refractivity contribution in [2.45, 2.75) is 51.8 Å². The molecule has 1 saturated heterocycles. The second kappa shape index (κ2) is 8.45. The van der Waals surface area contributed by atoms with Crippen LogP contribution in [0.25, 0.3) is 0 Å². The molecule has 1 heterocycles. The van der Waals surface area contributed by atoms with Crippen molar-refractivity contribution in [2.75, 3.05) is 20.2 Å². The van der Waals surface area contributed by atoms with E-state index in [2.05, 4.69) is 0 Å². The van der Waals surface area contributed by atoms with Crippen molar-refractivity contribution < 1.29 is 23.5 Å². The van der Waals surface area contributed by atoms with Crippen LogP contribution >= 0.6 is 0 Å². The Kier molecular flexibility index (Phi) is 6.56. The number of esters is 1. The van der Waals surface area contributed by atoms with Crippen molar-refractivity contribution in [1.82, 2.24) is 0 Å². The van der Waals surface area contributed by atoms with Gasteiger partial charge in [0, 0.05) is 13.3 Å². The number of benzene rings is 1. The molecule has 0 aromatic heterocycles. The van der Waals surface area contributed by atoms with Crippen LogP contribution in [0.2, 0.25) is 0 Å². The van der Waals surface area contributed by atoms with Crippen molar-refractivity contribution in [1.29, 1.82) is 0 Å². The summed E-state index contributed by atoms with van der Waals surface area (Å²) in [6.07, 6.45) is 2.70. The largest absolute Gasteiger partial charge is 0.496 e. The van der Waals surface area contributed by atoms with E-state index in [1.165, 1.54) is 6.92 Å². The third-order valence-corrected chi connectivity index (χ3v) is 5.00. The van der Waals surface area contributed by atoms with Crippen LogP contribution in [0.3, 0.4) is 0 Å². The van der Waals surface area contributed by atoms with E-state index < -0.39 is 0 Å². The van der Waals surface area contributed by atoms with Crippen LogP contribution in [-0.4, -0.2) is 48.8 Å². The summed E-state index contributed by atoms with van der Waals surface area (Å²) in [6, 6.07) is 7.22. The number of quaternary nitrogens is 1. The lowest BCUT2D eigenvalue weighted by molar-refractivity contribution is -0.882. The van der Waals surface area contributed by atoms with Crippen LogP contribution in [0.4, 0.5) is 0 Å². The maximum atomic E-state index is 13.5. The Morgan fingerprint density at radius 1 is 1.32 bits per heavy atom. The molecule has 3 atom stereocenters. The number of nitrogens with two attached hydrogens (primary N) is 1. The molecule has 0 aliphatic carbocycles. The van der Waals surface area contributed by atoms with E-state index in [4.69, 9.17) is 15.2 Å². The minimum absolute atomic E-state index is 0.0600. The van der Waals surface area contributed by atoms with Gasteiger partial charge in [0.05, 0.1) is 13.7 Å². The first-order chi connectivity index (χ1) is 11.9. The fourth-order valence-electron chi connectivity index (χ4n) is 3.63. The number of para-hydroxylation sites is 1. The van der Waals surface area contributed by atoms with E-state index in [1.54, 1.807) is 19.2 Å². The van der Waals surface area contributed by atoms with E-state index in [1.807, 2.05) is 19.1 Å². The molecule has 6 nitrogen and oxygen atoms in total. The first-order valence-electron chi connectivity index (χ1n) is 8.92. The number of carbonyl (C=O) groups excluding carboxylic acids is 2. The lowest BCUT2D eigenvalue weighted by Gasteiger charge is -2.44. The third-order valence-electron chi connectivity index (χ3n) is 5.00. The molecule has 0 spiro atoms. The van der Waals surface area contributed by atoms with Gasteiger partial charge in [-0.05, 0) is 31.4 Å². The number of amides is 1. The van der Waals surface area contributed by atoms with Crippen LogP contribution in [-0.2, 0) is 9.53 Å². The number of hydrogen-bond acceptors (Lipinski definition) is 5. The zero-order valence-corrected chi connectivity index (χ0v) is 15.4. The lowest BCUT2D eigenvalue weighted by atomic mass is 9.99. The van der Waals surface area contributed by atoms with Crippen molar-refractivity contribution in [3.63, 3.8) is 0 Å². The van der Waals surface area contributed by atoms with Gasteiger partial charge in [0.25, 0.3) is 0 Å². The number of hydrogen-bond donors (Lipinski definition) is 1. The zero-order valence-electron chi connectivity index (χ0n) is 15.4. The molecule has 1 aliphatic heterocycles. The molecule has 2 N–H and O–H groups in total. The first kappa shape index (κ1) is 19.4. The summed E-state index contributed by atoms with van der Waals surface area (Å²) >= 11 is 0. The quantitative estimate of drug-likeness (QED) is 0.630. The van der Waals surface area contributed by atoms with Crippen LogP contribution in [0.5, 0.6) is 5.75 Å². The Morgan fingerprint density at radius 3 is 2.64 bits per heavy atom. The summed E-state index contributed by atoms with van der Waals surface area (Å²) in [5, 5.41) is 0. The molecule has 138 valence electrons. The van der Waals surface area contributed by atoms with Crippen LogP contribution < -0.4 is 10.5 Å². The van der Waals surface area contributed by atoms with Gasteiger partial charge in [0.1, 0.15) is 24.0 Å². The minimum atomic E-state index is -0.333. The van der Waals surface area contributed by atoms with E-state index in [-0.39, 0.29) is 28.6 Å². The van der Waals surface area contributed by atoms with Crippen molar-refractivity contribution in [3.8, 4) is 5.75 Å². The van der Waals surface area contributed by atoms with E-state index >= 15 is 0 Å². The van der Waals surface area contributed by atoms with Gasteiger partial charge in [0.15, 0.2) is 6.10 Å². The molecule has 2 rings (SSSR count). The van der Waals surface area contributed by atoms with E-state index in [0.29, 0.717) is 30.8 Å². The zero-order chi connectivity index (χ0) is 18.4. The molecule has 3 unspecified atom stereocenters. The third kappa shape index (κ3) is 4.19. The fourth-order valence-corrected chi connectivity index (χ4v) is 3.63. The van der Waals surface area contributed by atoms with Gasteiger partial charge in [-0.2, -0.15) is 0 Å². The molecule has 0 bridgehead atoms. The Balaban J connectivity index is 2.41. The molecule has 25 heavy (non-hydrogen) atoms. The van der Waals surface area contributed by atoms with Gasteiger partial charge in [0.2, 0.25) is 0 Å². The van der Waals surface area contributed by atoms with E-state index in [9.17, 15) is 9.59 Å². The van der Waals surface area contributed by atoms with Crippen LogP contribution in [0, 0.1) is 0 Å². The number of carbonyl (C=O) groups is 2. The average molecular weight is 349 g/mol. The summed E-state index contributed by atoms with van der Waals surface area (Å²) in [5.41, 5.74) is 6.98. The predicted molar refractivity (Wildman–Crippen MR) is 95.0 cm³/mol. The number of likely N-dealkylation sites (tertiary alicyclic amines) is 1. The fraction of sp³-hybridized carbons (Fsp3) is 0.579. The van der Waals surface area contributed by atoms with Gasteiger partial charge in [-0.15, -0.1) is 0 Å². The standard InChI is InChI=1S/C19H29N2O4/c1-4-15(25-14(2)22)13-21(12-8-7-11-18(21)20)19(23)16-9-5-6-10-17(16)24-3/h5-6,9-10,15,18H,4,7-8,11-13,20H2,1-3H3/q+1. The van der Waals surface area contributed by atoms with Crippen molar-refractivity contribution >= 4 is 11.9 Å². The van der Waals surface area contributed by atoms with Gasteiger partial charge in [-0.25, -0.2) is 9.28 Å². The van der Waals surface area contributed by atoms with Crippen molar-refractivity contribution in [3.05, 3.63) is 29.8 Å². The van der Waals surface area contributed by atoms with E-state index in [0.717, 1.165) is 19.3 Å². The van der Waals surface area contributed by atoms with Crippen LogP contribution in [0.1, 0.15) is 49.9 Å². The topological polar surface area (TPSA) is 78.6 Å². The predicted octanol–water partition coefficient (Wildman–Crippen LogP) is 2.46. The summed E-state index contributed by atoms with van der Waals surface area (Å²) in [5.74, 6) is 0.152. The van der Waals surface area contributed by atoms with Gasteiger partial charge >= 0.3 is 11.9 Å². The second-order valence-corrected chi connectivity index (χ2v) is 6.65. The molecule has 0 saturated carbocycles. The summed E-state index contributed by atoms with van der Waals surface area (Å²) in [7, 11) is 1.56. The molecule has 1 aromatic carbocycles. The molecule has 0 radical (unpaired) electrons. The number of methoxy groups -OCH3 is 1. The molecule has 1 amide bonds. The summed E-state index contributed by atoms with van der Waals surface area (Å²) in [4.78, 5) is 24.9. The SMILES string of the molecule is CCC(C[N+]1(C(=O)c2ccccc2OC)CCCCC1N)OC(C)=O. The molecule has 6 heteroatoms. The highest BCUT2D eigenvalue weighted by atomic mass is 16.5. The summed E-state index contributed by atoms with van der Waals surface area (Å²) < 4.78 is 10.9. The van der Waals surface area contributed by atoms with Gasteiger partial charge in [-0.1, -0.05) is 19.1 Å². The van der Waals surface area contributed by atoms with Crippen LogP contribution in [0.15, 0.2) is 24.3 Å². The average Bonchev–Trinajstić information content (AvgIpc) is 2.62. The Morgan fingerprint density at radius 2 is 2.04 bits per heavy atom. The number of piperidine rings is 1.